The molecule has 0 bridgehead atoms. The molecular formula is C13H14N4O4. The van der Waals surface area contributed by atoms with Crippen molar-refractivity contribution in [3.05, 3.63) is 35.9 Å². The smallest absolute Gasteiger partial charge is 0.377 e. The maximum atomic E-state index is 12.0. The largest absolute Gasteiger partial charge is 0.463 e. The lowest BCUT2D eigenvalue weighted by atomic mass is 10.1. The molecule has 1 aromatic carbocycles. The molecule has 0 atom stereocenters. The Kier molecular flexibility index (Phi) is 4.17. The van der Waals surface area contributed by atoms with Gasteiger partial charge in [0, 0.05) is 0 Å². The zero-order chi connectivity index (χ0) is 15.4. The van der Waals surface area contributed by atoms with Crippen LogP contribution in [0.15, 0.2) is 24.5 Å². The van der Waals surface area contributed by atoms with Gasteiger partial charge in [0.25, 0.3) is 5.82 Å². The van der Waals surface area contributed by atoms with Crippen LogP contribution < -0.4 is 5.73 Å². The Morgan fingerprint density at radius 1 is 1.33 bits per heavy atom. The van der Waals surface area contributed by atoms with E-state index in [2.05, 4.69) is 14.8 Å². The Labute approximate surface area is 120 Å². The lowest BCUT2D eigenvalue weighted by molar-refractivity contribution is 0.0525. The number of nitrogens with zero attached hydrogens (tertiary/aromatic N) is 3. The molecule has 0 spiro atoms. The summed E-state index contributed by atoms with van der Waals surface area (Å²) >= 11 is 0. The third-order valence-electron chi connectivity index (χ3n) is 2.65. The van der Waals surface area contributed by atoms with Gasteiger partial charge in [-0.15, -0.1) is 5.10 Å². The Morgan fingerprint density at radius 3 is 2.76 bits per heavy atom. The van der Waals surface area contributed by atoms with Crippen molar-refractivity contribution in [2.24, 2.45) is 0 Å². The van der Waals surface area contributed by atoms with Gasteiger partial charge in [-0.05, 0) is 19.1 Å². The highest BCUT2D eigenvalue weighted by molar-refractivity contribution is 5.96. The number of anilines is 1. The molecule has 0 aliphatic carbocycles. The third-order valence-corrected chi connectivity index (χ3v) is 2.65. The van der Waals surface area contributed by atoms with E-state index in [1.807, 2.05) is 0 Å². The molecule has 8 nitrogen and oxygen atoms in total. The molecule has 21 heavy (non-hydrogen) atoms. The van der Waals surface area contributed by atoms with Crippen LogP contribution in [-0.2, 0) is 9.47 Å². The first-order valence-corrected chi connectivity index (χ1v) is 6.14. The van der Waals surface area contributed by atoms with E-state index in [9.17, 15) is 9.59 Å². The molecule has 2 aromatic rings. The number of hydrogen-bond acceptors (Lipinski definition) is 7. The molecule has 0 aliphatic heterocycles. The Bertz CT molecular complexity index is 681. The zero-order valence-corrected chi connectivity index (χ0v) is 11.6. The molecule has 8 heteroatoms. The summed E-state index contributed by atoms with van der Waals surface area (Å²) < 4.78 is 10.7. The molecule has 2 N–H and O–H groups in total. The fourth-order valence-corrected chi connectivity index (χ4v) is 1.75. The van der Waals surface area contributed by atoms with E-state index in [4.69, 9.17) is 10.5 Å². The van der Waals surface area contributed by atoms with Crippen molar-refractivity contribution in [3.63, 3.8) is 0 Å². The van der Waals surface area contributed by atoms with Crippen molar-refractivity contribution in [1.29, 1.82) is 0 Å². The fraction of sp³-hybridized carbons (Fsp3) is 0.231. The van der Waals surface area contributed by atoms with Gasteiger partial charge in [0.15, 0.2) is 0 Å². The summed E-state index contributed by atoms with van der Waals surface area (Å²) in [6.07, 6.45) is 1.28. The molecule has 0 unspecified atom stereocenters. The number of carbonyl (C=O) groups is 2. The summed E-state index contributed by atoms with van der Waals surface area (Å²) in [7, 11) is 1.23. The second-order valence-electron chi connectivity index (χ2n) is 3.97. The van der Waals surface area contributed by atoms with Gasteiger partial charge in [-0.25, -0.2) is 19.3 Å². The highest BCUT2D eigenvalue weighted by Gasteiger charge is 2.19. The van der Waals surface area contributed by atoms with E-state index in [0.717, 1.165) is 0 Å². The molecule has 0 saturated carbocycles. The van der Waals surface area contributed by atoms with Crippen molar-refractivity contribution in [3.8, 4) is 5.69 Å². The molecule has 1 heterocycles. The number of ether oxygens (including phenoxy) is 2. The minimum atomic E-state index is -0.680. The van der Waals surface area contributed by atoms with Crippen LogP contribution in [0.2, 0.25) is 0 Å². The second-order valence-corrected chi connectivity index (χ2v) is 3.97. The van der Waals surface area contributed by atoms with Gasteiger partial charge in [-0.1, -0.05) is 6.07 Å². The van der Waals surface area contributed by atoms with Crippen molar-refractivity contribution >= 4 is 17.6 Å². The van der Waals surface area contributed by atoms with Crippen LogP contribution in [0.25, 0.3) is 5.69 Å². The molecule has 110 valence electrons. The number of methoxy groups -OCH3 is 1. The van der Waals surface area contributed by atoms with E-state index >= 15 is 0 Å². The Hall–Kier alpha value is -2.90. The number of rotatable bonds is 4. The summed E-state index contributed by atoms with van der Waals surface area (Å²) in [6.45, 7) is 1.94. The van der Waals surface area contributed by atoms with Gasteiger partial charge in [0.1, 0.15) is 12.0 Å². The Balaban J connectivity index is 2.50. The summed E-state index contributed by atoms with van der Waals surface area (Å²) in [5, 5.41) is 3.96. The topological polar surface area (TPSA) is 109 Å². The Morgan fingerprint density at radius 2 is 2.10 bits per heavy atom. The highest BCUT2D eigenvalue weighted by Crippen LogP contribution is 2.22. The normalized spacial score (nSPS) is 10.2. The second kappa shape index (κ2) is 6.04. The van der Waals surface area contributed by atoms with Crippen LogP contribution >= 0.6 is 0 Å². The fourth-order valence-electron chi connectivity index (χ4n) is 1.75. The number of hydrogen-bond donors (Lipinski definition) is 1. The number of benzene rings is 1. The van der Waals surface area contributed by atoms with Gasteiger partial charge in [0.05, 0.1) is 25.0 Å². The molecule has 0 saturated heterocycles. The minimum absolute atomic E-state index is 0.129. The average molecular weight is 290 g/mol. The number of esters is 2. The lowest BCUT2D eigenvalue weighted by Gasteiger charge is -2.10. The first kappa shape index (κ1) is 14.5. The molecule has 0 amide bonds. The molecule has 1 aromatic heterocycles. The van der Waals surface area contributed by atoms with Crippen molar-refractivity contribution in [1.82, 2.24) is 14.8 Å². The maximum Gasteiger partial charge on any atom is 0.377 e. The zero-order valence-electron chi connectivity index (χ0n) is 11.6. The minimum Gasteiger partial charge on any atom is -0.463 e. The van der Waals surface area contributed by atoms with Crippen molar-refractivity contribution < 1.29 is 19.1 Å². The monoisotopic (exact) mass is 290 g/mol. The summed E-state index contributed by atoms with van der Waals surface area (Å²) in [5.41, 5.74) is 6.74. The van der Waals surface area contributed by atoms with E-state index in [-0.39, 0.29) is 18.0 Å². The lowest BCUT2D eigenvalue weighted by Crippen LogP contribution is -2.13. The van der Waals surface area contributed by atoms with E-state index < -0.39 is 11.9 Å². The standard InChI is InChI=1S/C13H14N4O4/c1-3-21-12(18)8-5-4-6-9(14)10(8)17-7-15-11(16-17)13(19)20-2/h4-7H,3,14H2,1-2H3. The SMILES string of the molecule is CCOC(=O)c1cccc(N)c1-n1cnc(C(=O)OC)n1. The predicted octanol–water partition coefficient (Wildman–Crippen LogP) is 0.813. The first-order valence-electron chi connectivity index (χ1n) is 6.14. The summed E-state index contributed by atoms with van der Waals surface area (Å²) in [6, 6.07) is 4.80. The van der Waals surface area contributed by atoms with Crippen molar-refractivity contribution in [2.75, 3.05) is 19.5 Å². The molecular weight excluding hydrogens is 276 g/mol. The van der Waals surface area contributed by atoms with Gasteiger partial charge in [-0.2, -0.15) is 0 Å². The number of nitrogen functional groups attached to an aromatic ring is 1. The number of nitrogens with two attached hydrogens (primary N) is 1. The van der Waals surface area contributed by atoms with Crippen LogP contribution in [0, 0.1) is 0 Å². The maximum absolute atomic E-state index is 12.0. The van der Waals surface area contributed by atoms with Crippen LogP contribution in [-0.4, -0.2) is 40.4 Å². The predicted molar refractivity (Wildman–Crippen MR) is 73.1 cm³/mol. The number of carbonyl (C=O) groups excluding carboxylic acids is 2. The van der Waals surface area contributed by atoms with E-state index in [1.54, 1.807) is 25.1 Å². The number of para-hydroxylation sites is 1. The van der Waals surface area contributed by atoms with Crippen LogP contribution in [0.5, 0.6) is 0 Å². The van der Waals surface area contributed by atoms with Crippen molar-refractivity contribution in [2.45, 2.75) is 6.92 Å². The average Bonchev–Trinajstić information content (AvgIpc) is 2.95. The van der Waals surface area contributed by atoms with Crippen LogP contribution in [0.3, 0.4) is 0 Å². The van der Waals surface area contributed by atoms with Gasteiger partial charge >= 0.3 is 11.9 Å². The third kappa shape index (κ3) is 2.83. The quantitative estimate of drug-likeness (QED) is 0.655. The van der Waals surface area contributed by atoms with E-state index in [1.165, 1.54) is 18.1 Å². The van der Waals surface area contributed by atoms with Gasteiger partial charge < -0.3 is 15.2 Å². The van der Waals surface area contributed by atoms with Crippen LogP contribution in [0.4, 0.5) is 5.69 Å². The summed E-state index contributed by atoms with van der Waals surface area (Å²) in [5.74, 6) is -1.34. The molecule has 0 fully saturated rings. The molecule has 0 aliphatic rings. The molecule has 0 radical (unpaired) electrons. The molecule has 2 rings (SSSR count). The number of aromatic nitrogens is 3. The van der Waals surface area contributed by atoms with Gasteiger partial charge in [0.2, 0.25) is 0 Å². The van der Waals surface area contributed by atoms with Gasteiger partial charge in [-0.3, -0.25) is 0 Å². The summed E-state index contributed by atoms with van der Waals surface area (Å²) in [4.78, 5) is 27.2. The van der Waals surface area contributed by atoms with E-state index in [0.29, 0.717) is 11.4 Å². The van der Waals surface area contributed by atoms with Crippen LogP contribution in [0.1, 0.15) is 27.9 Å². The first-order chi connectivity index (χ1) is 10.1. The highest BCUT2D eigenvalue weighted by atomic mass is 16.5.